The molecule has 2 saturated heterocycles. The van der Waals surface area contributed by atoms with Crippen LogP contribution in [0.25, 0.3) is 11.2 Å². The lowest BCUT2D eigenvalue weighted by atomic mass is 9.94. The number of pyridine rings is 1. The van der Waals surface area contributed by atoms with Gasteiger partial charge in [0.05, 0.1) is 12.6 Å². The second-order valence-corrected chi connectivity index (χ2v) is 6.16. The van der Waals surface area contributed by atoms with Crippen molar-refractivity contribution in [1.82, 2.24) is 19.9 Å². The average Bonchev–Trinajstić information content (AvgIpc) is 3.14. The third-order valence-electron chi connectivity index (χ3n) is 4.72. The van der Waals surface area contributed by atoms with Gasteiger partial charge in [0, 0.05) is 19.2 Å². The van der Waals surface area contributed by atoms with Crippen LogP contribution in [0.5, 0.6) is 0 Å². The van der Waals surface area contributed by atoms with Gasteiger partial charge in [-0.1, -0.05) is 0 Å². The van der Waals surface area contributed by atoms with Crippen molar-refractivity contribution in [2.45, 2.75) is 31.7 Å². The summed E-state index contributed by atoms with van der Waals surface area (Å²) < 4.78 is 7.94. The predicted molar refractivity (Wildman–Crippen MR) is 81.3 cm³/mol. The second-order valence-electron chi connectivity index (χ2n) is 6.16. The molecular weight excluding hydrogens is 264 g/mol. The van der Waals surface area contributed by atoms with Gasteiger partial charge in [-0.05, 0) is 50.4 Å². The van der Waals surface area contributed by atoms with Crippen LogP contribution in [-0.4, -0.2) is 40.8 Å². The first kappa shape index (κ1) is 13.2. The Balaban J connectivity index is 1.70. The predicted octanol–water partition coefficient (Wildman–Crippen LogP) is 1.93. The monoisotopic (exact) mass is 286 g/mol. The van der Waals surface area contributed by atoms with Crippen molar-refractivity contribution in [1.29, 1.82) is 0 Å². The number of rotatable bonds is 3. The van der Waals surface area contributed by atoms with E-state index in [4.69, 9.17) is 9.72 Å². The molecule has 2 aromatic rings. The fraction of sp³-hybridized carbons (Fsp3) is 0.625. The first-order valence-electron chi connectivity index (χ1n) is 8.02. The van der Waals surface area contributed by atoms with Crippen molar-refractivity contribution in [3.8, 4) is 0 Å². The first-order chi connectivity index (χ1) is 10.4. The van der Waals surface area contributed by atoms with Gasteiger partial charge in [-0.2, -0.15) is 0 Å². The van der Waals surface area contributed by atoms with Crippen LogP contribution in [0.1, 0.15) is 31.1 Å². The second kappa shape index (κ2) is 5.73. The average molecular weight is 286 g/mol. The Morgan fingerprint density at radius 2 is 2.19 bits per heavy atom. The van der Waals surface area contributed by atoms with Gasteiger partial charge >= 0.3 is 0 Å². The molecule has 0 radical (unpaired) electrons. The largest absolute Gasteiger partial charge is 0.379 e. The van der Waals surface area contributed by atoms with E-state index in [0.717, 1.165) is 56.2 Å². The van der Waals surface area contributed by atoms with Gasteiger partial charge < -0.3 is 14.6 Å². The summed E-state index contributed by atoms with van der Waals surface area (Å²) in [4.78, 5) is 9.45. The Morgan fingerprint density at radius 1 is 1.29 bits per heavy atom. The van der Waals surface area contributed by atoms with Gasteiger partial charge in [0.25, 0.3) is 0 Å². The van der Waals surface area contributed by atoms with E-state index in [0.29, 0.717) is 6.04 Å². The summed E-state index contributed by atoms with van der Waals surface area (Å²) >= 11 is 0. The standard InChI is InChI=1S/C16H22N4O/c1-2-14-16(18-6-1)20(13-5-9-21-11-13)15(19-14)10-12-3-7-17-8-4-12/h1-2,6,12-13,17H,3-5,7-11H2. The molecule has 0 aromatic carbocycles. The quantitative estimate of drug-likeness (QED) is 0.937. The van der Waals surface area contributed by atoms with Gasteiger partial charge in [0.2, 0.25) is 0 Å². The van der Waals surface area contributed by atoms with Crippen LogP contribution in [-0.2, 0) is 11.2 Å². The summed E-state index contributed by atoms with van der Waals surface area (Å²) in [6.07, 6.45) is 6.50. The zero-order chi connectivity index (χ0) is 14.1. The van der Waals surface area contributed by atoms with Gasteiger partial charge in [0.15, 0.2) is 5.65 Å². The molecule has 0 spiro atoms. The van der Waals surface area contributed by atoms with Crippen LogP contribution < -0.4 is 5.32 Å². The van der Waals surface area contributed by atoms with Crippen LogP contribution in [0.15, 0.2) is 18.3 Å². The smallest absolute Gasteiger partial charge is 0.160 e. The molecule has 0 aliphatic carbocycles. The highest BCUT2D eigenvalue weighted by molar-refractivity contribution is 5.71. The topological polar surface area (TPSA) is 52.0 Å². The van der Waals surface area contributed by atoms with Crippen molar-refractivity contribution >= 4 is 11.2 Å². The lowest BCUT2D eigenvalue weighted by Crippen LogP contribution is -2.29. The number of ether oxygens (including phenoxy) is 1. The number of hydrogen-bond donors (Lipinski definition) is 1. The Morgan fingerprint density at radius 3 is 3.00 bits per heavy atom. The molecule has 1 N–H and O–H groups in total. The minimum Gasteiger partial charge on any atom is -0.379 e. The SMILES string of the molecule is c1cnc2c(c1)nc(CC1CCNCC1)n2C1CCOC1. The third-order valence-corrected chi connectivity index (χ3v) is 4.72. The van der Waals surface area contributed by atoms with Crippen LogP contribution in [0.3, 0.4) is 0 Å². The lowest BCUT2D eigenvalue weighted by molar-refractivity contribution is 0.186. The molecule has 4 rings (SSSR count). The summed E-state index contributed by atoms with van der Waals surface area (Å²) in [6.45, 7) is 3.91. The van der Waals surface area contributed by atoms with Crippen molar-refractivity contribution in [2.24, 2.45) is 5.92 Å². The number of hydrogen-bond acceptors (Lipinski definition) is 4. The maximum Gasteiger partial charge on any atom is 0.160 e. The lowest BCUT2D eigenvalue weighted by Gasteiger charge is -2.23. The minimum absolute atomic E-state index is 0.404. The Hall–Kier alpha value is -1.46. The van der Waals surface area contributed by atoms with E-state index in [1.807, 2.05) is 12.3 Å². The molecule has 2 fully saturated rings. The third kappa shape index (κ3) is 2.56. The highest BCUT2D eigenvalue weighted by atomic mass is 16.5. The first-order valence-corrected chi connectivity index (χ1v) is 8.02. The molecule has 5 nitrogen and oxygen atoms in total. The molecule has 2 aliphatic heterocycles. The van der Waals surface area contributed by atoms with Crippen LogP contribution in [0.4, 0.5) is 0 Å². The van der Waals surface area contributed by atoms with Crippen LogP contribution in [0.2, 0.25) is 0 Å². The van der Waals surface area contributed by atoms with Gasteiger partial charge in [0.1, 0.15) is 11.3 Å². The number of nitrogens with zero attached hydrogens (tertiary/aromatic N) is 3. The molecule has 21 heavy (non-hydrogen) atoms. The van der Waals surface area contributed by atoms with E-state index in [1.165, 1.54) is 18.7 Å². The fourth-order valence-corrected chi connectivity index (χ4v) is 3.57. The van der Waals surface area contributed by atoms with Crippen LogP contribution >= 0.6 is 0 Å². The van der Waals surface area contributed by atoms with Crippen molar-refractivity contribution < 1.29 is 4.74 Å². The molecule has 2 aromatic heterocycles. The molecule has 0 bridgehead atoms. The molecule has 2 aliphatic rings. The molecular formula is C16H22N4O. The van der Waals surface area contributed by atoms with E-state index in [2.05, 4.69) is 20.9 Å². The molecule has 4 heterocycles. The van der Waals surface area contributed by atoms with E-state index in [9.17, 15) is 0 Å². The van der Waals surface area contributed by atoms with Crippen LogP contribution in [0, 0.1) is 5.92 Å². The zero-order valence-corrected chi connectivity index (χ0v) is 12.3. The van der Waals surface area contributed by atoms with E-state index in [-0.39, 0.29) is 0 Å². The summed E-state index contributed by atoms with van der Waals surface area (Å²) in [5.74, 6) is 1.94. The fourth-order valence-electron chi connectivity index (χ4n) is 3.57. The Kier molecular flexibility index (Phi) is 3.61. The highest BCUT2D eigenvalue weighted by Crippen LogP contribution is 2.28. The van der Waals surface area contributed by atoms with E-state index >= 15 is 0 Å². The van der Waals surface area contributed by atoms with Gasteiger partial charge in [-0.3, -0.25) is 0 Å². The molecule has 0 amide bonds. The van der Waals surface area contributed by atoms with Crippen molar-refractivity contribution in [2.75, 3.05) is 26.3 Å². The normalized spacial score (nSPS) is 23.9. The van der Waals surface area contributed by atoms with Gasteiger partial charge in [-0.25, -0.2) is 9.97 Å². The van der Waals surface area contributed by atoms with Crippen molar-refractivity contribution in [3.63, 3.8) is 0 Å². The number of piperidine rings is 1. The summed E-state index contributed by atoms with van der Waals surface area (Å²) in [7, 11) is 0. The Bertz CT molecular complexity index is 612. The molecule has 112 valence electrons. The summed E-state index contributed by atoms with van der Waals surface area (Å²) in [6, 6.07) is 4.45. The number of imidazole rings is 1. The zero-order valence-electron chi connectivity index (χ0n) is 12.3. The van der Waals surface area contributed by atoms with Crippen molar-refractivity contribution in [3.05, 3.63) is 24.2 Å². The minimum atomic E-state index is 0.404. The molecule has 1 unspecified atom stereocenters. The maximum absolute atomic E-state index is 5.59. The Labute approximate surface area is 124 Å². The number of nitrogens with one attached hydrogen (secondary N) is 1. The summed E-state index contributed by atoms with van der Waals surface area (Å²) in [5, 5.41) is 3.44. The molecule has 0 saturated carbocycles. The maximum atomic E-state index is 5.59. The highest BCUT2D eigenvalue weighted by Gasteiger charge is 2.25. The summed E-state index contributed by atoms with van der Waals surface area (Å²) in [5.41, 5.74) is 2.05. The number of fused-ring (bicyclic) bond motifs is 1. The molecule has 1 atom stereocenters. The van der Waals surface area contributed by atoms with Gasteiger partial charge in [-0.15, -0.1) is 0 Å². The van der Waals surface area contributed by atoms with E-state index < -0.39 is 0 Å². The number of aromatic nitrogens is 3. The molecule has 5 heteroatoms. The van der Waals surface area contributed by atoms with E-state index in [1.54, 1.807) is 0 Å².